The lowest BCUT2D eigenvalue weighted by Gasteiger charge is -2.25. The molecule has 0 aromatic heterocycles. The number of rotatable bonds is 6. The number of aliphatic hydroxyl groups excluding tert-OH is 1. The van der Waals surface area contributed by atoms with Gasteiger partial charge in [0.15, 0.2) is 0 Å². The Labute approximate surface area is 102 Å². The van der Waals surface area contributed by atoms with Crippen LogP contribution in [0.25, 0.3) is 0 Å². The van der Waals surface area contributed by atoms with Gasteiger partial charge in [0.2, 0.25) is 0 Å². The summed E-state index contributed by atoms with van der Waals surface area (Å²) in [6, 6.07) is 5.20. The van der Waals surface area contributed by atoms with Crippen molar-refractivity contribution in [2.75, 3.05) is 13.2 Å². The Kier molecular flexibility index (Phi) is 5.55. The standard InChI is InChI=1S/C13H21FN2O/c1-10(2)16(3-4-17)9-12-5-11(8-15)6-13(14)7-12/h5-7,10,17H,3-4,8-9,15H2,1-2H3. The van der Waals surface area contributed by atoms with E-state index in [4.69, 9.17) is 10.8 Å². The van der Waals surface area contributed by atoms with Crippen molar-refractivity contribution in [3.05, 3.63) is 35.1 Å². The molecule has 0 radical (unpaired) electrons. The minimum Gasteiger partial charge on any atom is -0.395 e. The maximum atomic E-state index is 13.3. The fraction of sp³-hybridized carbons (Fsp3) is 0.538. The van der Waals surface area contributed by atoms with Crippen LogP contribution >= 0.6 is 0 Å². The summed E-state index contributed by atoms with van der Waals surface area (Å²) >= 11 is 0. The quantitative estimate of drug-likeness (QED) is 0.792. The van der Waals surface area contributed by atoms with Crippen LogP contribution in [0, 0.1) is 5.82 Å². The summed E-state index contributed by atoms with van der Waals surface area (Å²) < 4.78 is 13.3. The molecule has 1 aromatic rings. The van der Waals surface area contributed by atoms with Crippen molar-refractivity contribution in [3.63, 3.8) is 0 Å². The van der Waals surface area contributed by atoms with Crippen LogP contribution in [0.15, 0.2) is 18.2 Å². The van der Waals surface area contributed by atoms with Gasteiger partial charge >= 0.3 is 0 Å². The molecule has 0 aliphatic carbocycles. The van der Waals surface area contributed by atoms with E-state index in [0.717, 1.165) is 11.1 Å². The third-order valence-corrected chi connectivity index (χ3v) is 2.76. The molecule has 0 spiro atoms. The van der Waals surface area contributed by atoms with Crippen LogP contribution < -0.4 is 5.73 Å². The van der Waals surface area contributed by atoms with Crippen molar-refractivity contribution in [3.8, 4) is 0 Å². The summed E-state index contributed by atoms with van der Waals surface area (Å²) in [4.78, 5) is 2.09. The molecule has 3 nitrogen and oxygen atoms in total. The van der Waals surface area contributed by atoms with Crippen LogP contribution in [-0.4, -0.2) is 29.2 Å². The third-order valence-electron chi connectivity index (χ3n) is 2.76. The Morgan fingerprint density at radius 2 is 1.94 bits per heavy atom. The average molecular weight is 240 g/mol. The van der Waals surface area contributed by atoms with Crippen molar-refractivity contribution >= 4 is 0 Å². The number of hydrogen-bond donors (Lipinski definition) is 2. The van der Waals surface area contributed by atoms with Gasteiger partial charge in [0.1, 0.15) is 5.82 Å². The molecule has 0 bridgehead atoms. The summed E-state index contributed by atoms with van der Waals surface area (Å²) in [5, 5.41) is 8.98. The molecule has 0 atom stereocenters. The number of nitrogens with two attached hydrogens (primary N) is 1. The maximum absolute atomic E-state index is 13.3. The second-order valence-electron chi connectivity index (χ2n) is 4.46. The van der Waals surface area contributed by atoms with Crippen molar-refractivity contribution in [1.82, 2.24) is 4.90 Å². The molecular weight excluding hydrogens is 219 g/mol. The molecular formula is C13H21FN2O. The van der Waals surface area contributed by atoms with Gasteiger partial charge in [-0.05, 0) is 37.1 Å². The molecule has 0 saturated heterocycles. The van der Waals surface area contributed by atoms with E-state index in [0.29, 0.717) is 25.7 Å². The monoisotopic (exact) mass is 240 g/mol. The molecule has 96 valence electrons. The Bertz CT molecular complexity index is 355. The largest absolute Gasteiger partial charge is 0.395 e. The molecule has 0 fully saturated rings. The smallest absolute Gasteiger partial charge is 0.123 e. The van der Waals surface area contributed by atoms with Gasteiger partial charge < -0.3 is 10.8 Å². The van der Waals surface area contributed by atoms with Gasteiger partial charge in [-0.25, -0.2) is 4.39 Å². The Balaban J connectivity index is 2.81. The second kappa shape index (κ2) is 6.69. The SMILES string of the molecule is CC(C)N(CCO)Cc1cc(F)cc(CN)c1. The first kappa shape index (κ1) is 14.1. The zero-order chi connectivity index (χ0) is 12.8. The van der Waals surface area contributed by atoms with E-state index in [1.165, 1.54) is 12.1 Å². The van der Waals surface area contributed by atoms with E-state index in [1.54, 1.807) is 0 Å². The number of benzene rings is 1. The Morgan fingerprint density at radius 3 is 2.47 bits per heavy atom. The van der Waals surface area contributed by atoms with Crippen LogP contribution in [0.3, 0.4) is 0 Å². The average Bonchev–Trinajstić information content (AvgIpc) is 2.27. The van der Waals surface area contributed by atoms with Crippen LogP contribution in [0.1, 0.15) is 25.0 Å². The van der Waals surface area contributed by atoms with E-state index in [9.17, 15) is 4.39 Å². The molecule has 0 unspecified atom stereocenters. The highest BCUT2D eigenvalue weighted by molar-refractivity contribution is 5.24. The molecule has 3 N–H and O–H groups in total. The fourth-order valence-corrected chi connectivity index (χ4v) is 1.81. The number of nitrogens with zero attached hydrogens (tertiary/aromatic N) is 1. The highest BCUT2D eigenvalue weighted by Crippen LogP contribution is 2.13. The normalized spacial score (nSPS) is 11.5. The molecule has 0 saturated carbocycles. The van der Waals surface area contributed by atoms with Gasteiger partial charge in [0.25, 0.3) is 0 Å². The molecule has 0 heterocycles. The molecule has 1 aromatic carbocycles. The molecule has 17 heavy (non-hydrogen) atoms. The van der Waals surface area contributed by atoms with E-state index < -0.39 is 0 Å². The lowest BCUT2D eigenvalue weighted by Crippen LogP contribution is -2.33. The summed E-state index contributed by atoms with van der Waals surface area (Å²) in [5.41, 5.74) is 7.21. The summed E-state index contributed by atoms with van der Waals surface area (Å²) in [6.07, 6.45) is 0. The number of hydrogen-bond acceptors (Lipinski definition) is 3. The second-order valence-corrected chi connectivity index (χ2v) is 4.46. The lowest BCUT2D eigenvalue weighted by atomic mass is 10.1. The topological polar surface area (TPSA) is 49.5 Å². The predicted octanol–water partition coefficient (Wildman–Crippen LogP) is 1.49. The first-order valence-corrected chi connectivity index (χ1v) is 5.90. The van der Waals surface area contributed by atoms with Crippen molar-refractivity contribution in [2.24, 2.45) is 5.73 Å². The van der Waals surface area contributed by atoms with Gasteiger partial charge in [-0.2, -0.15) is 0 Å². The van der Waals surface area contributed by atoms with Gasteiger partial charge in [-0.15, -0.1) is 0 Å². The third kappa shape index (κ3) is 4.42. The number of aliphatic hydroxyl groups is 1. The van der Waals surface area contributed by atoms with E-state index in [2.05, 4.69) is 18.7 Å². The van der Waals surface area contributed by atoms with Crippen LogP contribution in [0.2, 0.25) is 0 Å². The van der Waals surface area contributed by atoms with Crippen LogP contribution in [0.4, 0.5) is 4.39 Å². The molecule has 0 aliphatic rings. The fourth-order valence-electron chi connectivity index (χ4n) is 1.81. The van der Waals surface area contributed by atoms with Crippen LogP contribution in [-0.2, 0) is 13.1 Å². The summed E-state index contributed by atoms with van der Waals surface area (Å²) in [7, 11) is 0. The van der Waals surface area contributed by atoms with Gasteiger partial charge in [0, 0.05) is 25.7 Å². The first-order chi connectivity index (χ1) is 8.06. The van der Waals surface area contributed by atoms with Crippen molar-refractivity contribution < 1.29 is 9.50 Å². The summed E-state index contributed by atoms with van der Waals surface area (Å²) in [5.74, 6) is -0.254. The predicted molar refractivity (Wildman–Crippen MR) is 66.9 cm³/mol. The number of halogens is 1. The van der Waals surface area contributed by atoms with Crippen molar-refractivity contribution in [1.29, 1.82) is 0 Å². The zero-order valence-corrected chi connectivity index (χ0v) is 10.5. The Morgan fingerprint density at radius 1 is 1.29 bits per heavy atom. The lowest BCUT2D eigenvalue weighted by molar-refractivity contribution is 0.159. The van der Waals surface area contributed by atoms with Crippen molar-refractivity contribution in [2.45, 2.75) is 33.0 Å². The molecule has 1 rings (SSSR count). The van der Waals surface area contributed by atoms with E-state index in [1.807, 2.05) is 6.07 Å². The first-order valence-electron chi connectivity index (χ1n) is 5.90. The minimum absolute atomic E-state index is 0.108. The van der Waals surface area contributed by atoms with Crippen LogP contribution in [0.5, 0.6) is 0 Å². The highest BCUT2D eigenvalue weighted by atomic mass is 19.1. The van der Waals surface area contributed by atoms with Gasteiger partial charge in [0.05, 0.1) is 6.61 Å². The van der Waals surface area contributed by atoms with E-state index in [-0.39, 0.29) is 12.4 Å². The zero-order valence-electron chi connectivity index (χ0n) is 10.5. The van der Waals surface area contributed by atoms with E-state index >= 15 is 0 Å². The molecule has 4 heteroatoms. The minimum atomic E-state index is -0.254. The molecule has 0 aliphatic heterocycles. The van der Waals surface area contributed by atoms with Gasteiger partial charge in [-0.1, -0.05) is 6.07 Å². The molecule has 0 amide bonds. The maximum Gasteiger partial charge on any atom is 0.123 e. The Hall–Kier alpha value is -0.970. The summed E-state index contributed by atoms with van der Waals surface area (Å²) in [6.45, 7) is 5.77. The van der Waals surface area contributed by atoms with Gasteiger partial charge in [-0.3, -0.25) is 4.90 Å². The highest BCUT2D eigenvalue weighted by Gasteiger charge is 2.10.